The molecule has 3 rings (SSSR count). The zero-order valence-corrected chi connectivity index (χ0v) is 16.6. The molecule has 0 saturated carbocycles. The van der Waals surface area contributed by atoms with E-state index in [9.17, 15) is 27.6 Å². The zero-order valence-electron chi connectivity index (χ0n) is 16.6. The molecule has 1 fully saturated rings. The van der Waals surface area contributed by atoms with Gasteiger partial charge < -0.3 is 16.0 Å². The van der Waals surface area contributed by atoms with Crippen molar-refractivity contribution >= 4 is 23.4 Å². The van der Waals surface area contributed by atoms with Crippen molar-refractivity contribution in [1.29, 1.82) is 0 Å². The average molecular weight is 434 g/mol. The normalized spacial score (nSPS) is 19.0. The van der Waals surface area contributed by atoms with Gasteiger partial charge in [-0.1, -0.05) is 19.1 Å². The fraction of sp³-hybridized carbons (Fsp3) is 0.333. The molecule has 2 atom stereocenters. The highest BCUT2D eigenvalue weighted by molar-refractivity contribution is 6.39. The first-order valence-corrected chi connectivity index (χ1v) is 9.60. The van der Waals surface area contributed by atoms with E-state index in [-0.39, 0.29) is 23.7 Å². The molecule has 1 aliphatic rings. The standard InChI is InChI=1S/C21H21F3N4O3/c1-12-5-6-17(13-3-2-4-15(7-13)21(22,23)24)28(11-12)20(31)19(30)27-16-8-14(18(25)29)9-26-10-16/h2-4,7-10,12,17H,5-6,11H2,1H3,(H2,25,29)(H,27,30)/t12-,17+/m1/s1. The number of likely N-dealkylation sites (tertiary alicyclic amines) is 1. The van der Waals surface area contributed by atoms with Gasteiger partial charge in [0, 0.05) is 12.7 Å². The van der Waals surface area contributed by atoms with E-state index in [1.54, 1.807) is 0 Å². The average Bonchev–Trinajstić information content (AvgIpc) is 2.72. The fourth-order valence-electron chi connectivity index (χ4n) is 3.60. The maximum atomic E-state index is 13.1. The Kier molecular flexibility index (Phi) is 6.28. The Labute approximate surface area is 176 Å². The summed E-state index contributed by atoms with van der Waals surface area (Å²) < 4.78 is 39.4. The van der Waals surface area contributed by atoms with E-state index in [1.807, 2.05) is 6.92 Å². The fourth-order valence-corrected chi connectivity index (χ4v) is 3.60. The van der Waals surface area contributed by atoms with Gasteiger partial charge in [-0.25, -0.2) is 0 Å². The van der Waals surface area contributed by atoms with Crippen LogP contribution in [0, 0.1) is 5.92 Å². The quantitative estimate of drug-likeness (QED) is 0.724. The lowest BCUT2D eigenvalue weighted by Crippen LogP contribution is -2.46. The van der Waals surface area contributed by atoms with Gasteiger partial charge in [0.05, 0.1) is 29.1 Å². The van der Waals surface area contributed by atoms with Gasteiger partial charge in [0.25, 0.3) is 0 Å². The predicted octanol–water partition coefficient (Wildman–Crippen LogP) is 3.14. The highest BCUT2D eigenvalue weighted by atomic mass is 19.4. The number of anilines is 1. The number of nitrogens with one attached hydrogen (secondary N) is 1. The predicted molar refractivity (Wildman–Crippen MR) is 106 cm³/mol. The first-order valence-electron chi connectivity index (χ1n) is 9.60. The summed E-state index contributed by atoms with van der Waals surface area (Å²) in [5.41, 5.74) is 4.85. The van der Waals surface area contributed by atoms with E-state index in [1.165, 1.54) is 35.5 Å². The zero-order chi connectivity index (χ0) is 22.8. The van der Waals surface area contributed by atoms with Gasteiger partial charge in [-0.05, 0) is 42.5 Å². The number of carbonyl (C=O) groups excluding carboxylic acids is 3. The Morgan fingerprint density at radius 3 is 2.58 bits per heavy atom. The van der Waals surface area contributed by atoms with E-state index in [2.05, 4.69) is 10.3 Å². The van der Waals surface area contributed by atoms with E-state index in [0.717, 1.165) is 12.1 Å². The first-order chi connectivity index (χ1) is 14.6. The molecule has 0 bridgehead atoms. The highest BCUT2D eigenvalue weighted by Gasteiger charge is 2.36. The minimum absolute atomic E-state index is 0.0543. The second-order valence-corrected chi connectivity index (χ2v) is 7.56. The van der Waals surface area contributed by atoms with Gasteiger partial charge in [-0.2, -0.15) is 13.2 Å². The van der Waals surface area contributed by atoms with Crippen molar-refractivity contribution in [2.75, 3.05) is 11.9 Å². The Morgan fingerprint density at radius 2 is 1.90 bits per heavy atom. The van der Waals surface area contributed by atoms with Gasteiger partial charge in [-0.3, -0.25) is 19.4 Å². The maximum Gasteiger partial charge on any atom is 0.416 e. The van der Waals surface area contributed by atoms with Crippen molar-refractivity contribution in [3.05, 3.63) is 59.4 Å². The van der Waals surface area contributed by atoms with E-state index >= 15 is 0 Å². The Balaban J connectivity index is 1.84. The van der Waals surface area contributed by atoms with E-state index in [0.29, 0.717) is 18.4 Å². The van der Waals surface area contributed by atoms with Crippen LogP contribution in [-0.4, -0.2) is 34.2 Å². The molecule has 7 nitrogen and oxygen atoms in total. The number of benzene rings is 1. The first kappa shape index (κ1) is 22.3. The number of alkyl halides is 3. The number of nitrogens with two attached hydrogens (primary N) is 1. The summed E-state index contributed by atoms with van der Waals surface area (Å²) in [6.07, 6.45) is -0.906. The van der Waals surface area contributed by atoms with Crippen molar-refractivity contribution in [1.82, 2.24) is 9.88 Å². The number of amides is 3. The van der Waals surface area contributed by atoms with Crippen LogP contribution in [0.5, 0.6) is 0 Å². The molecule has 31 heavy (non-hydrogen) atoms. The topological polar surface area (TPSA) is 105 Å². The largest absolute Gasteiger partial charge is 0.416 e. The molecular weight excluding hydrogens is 413 g/mol. The molecule has 164 valence electrons. The number of piperidine rings is 1. The van der Waals surface area contributed by atoms with Gasteiger partial charge in [0.15, 0.2) is 0 Å². The number of hydrogen-bond acceptors (Lipinski definition) is 4. The summed E-state index contributed by atoms with van der Waals surface area (Å²) in [5.74, 6) is -2.52. The molecule has 1 aromatic heterocycles. The molecule has 0 radical (unpaired) electrons. The molecule has 10 heteroatoms. The Morgan fingerprint density at radius 1 is 1.16 bits per heavy atom. The van der Waals surface area contributed by atoms with Crippen molar-refractivity contribution < 1.29 is 27.6 Å². The van der Waals surface area contributed by atoms with Crippen LogP contribution in [0.15, 0.2) is 42.7 Å². The third-order valence-corrected chi connectivity index (χ3v) is 5.15. The molecule has 1 saturated heterocycles. The summed E-state index contributed by atoms with van der Waals surface area (Å²) in [7, 11) is 0. The van der Waals surface area contributed by atoms with Crippen LogP contribution in [0.3, 0.4) is 0 Å². The number of nitrogens with zero attached hydrogens (tertiary/aromatic N) is 2. The van der Waals surface area contributed by atoms with Crippen molar-refractivity contribution in [3.8, 4) is 0 Å². The van der Waals surface area contributed by atoms with Gasteiger partial charge in [-0.15, -0.1) is 0 Å². The monoisotopic (exact) mass is 434 g/mol. The number of rotatable bonds is 3. The third-order valence-electron chi connectivity index (χ3n) is 5.15. The lowest BCUT2D eigenvalue weighted by Gasteiger charge is -2.38. The molecule has 3 N–H and O–H groups in total. The summed E-state index contributed by atoms with van der Waals surface area (Å²) in [5, 5.41) is 2.38. The Bertz CT molecular complexity index is 1010. The molecule has 2 aromatic rings. The summed E-state index contributed by atoms with van der Waals surface area (Å²) in [6.45, 7) is 2.13. The number of hydrogen-bond donors (Lipinski definition) is 2. The minimum Gasteiger partial charge on any atom is -0.366 e. The SMILES string of the molecule is C[C@@H]1CC[C@@H](c2cccc(C(F)(F)F)c2)N(C(=O)C(=O)Nc2cncc(C(N)=O)c2)C1. The molecule has 1 aliphatic heterocycles. The molecule has 0 unspecified atom stereocenters. The van der Waals surface area contributed by atoms with Crippen LogP contribution in [0.2, 0.25) is 0 Å². The van der Waals surface area contributed by atoms with Crippen molar-refractivity contribution in [2.24, 2.45) is 11.7 Å². The van der Waals surface area contributed by atoms with Gasteiger partial charge in [0.1, 0.15) is 0 Å². The minimum atomic E-state index is -4.51. The highest BCUT2D eigenvalue weighted by Crippen LogP contribution is 2.36. The van der Waals surface area contributed by atoms with Crippen LogP contribution >= 0.6 is 0 Å². The molecule has 1 aromatic carbocycles. The van der Waals surface area contributed by atoms with Crippen LogP contribution in [0.25, 0.3) is 0 Å². The number of aromatic nitrogens is 1. The summed E-state index contributed by atoms with van der Waals surface area (Å²) >= 11 is 0. The van der Waals surface area contributed by atoms with Crippen molar-refractivity contribution in [3.63, 3.8) is 0 Å². The maximum absolute atomic E-state index is 13.1. The second kappa shape index (κ2) is 8.75. The summed E-state index contributed by atoms with van der Waals surface area (Å²) in [6, 6.07) is 5.41. The third kappa shape index (κ3) is 5.19. The smallest absolute Gasteiger partial charge is 0.366 e. The van der Waals surface area contributed by atoms with Crippen LogP contribution in [0.1, 0.15) is 47.3 Å². The van der Waals surface area contributed by atoms with Gasteiger partial charge >= 0.3 is 18.0 Å². The van der Waals surface area contributed by atoms with Crippen LogP contribution in [-0.2, 0) is 15.8 Å². The van der Waals surface area contributed by atoms with E-state index in [4.69, 9.17) is 5.73 Å². The molecule has 0 spiro atoms. The van der Waals surface area contributed by atoms with E-state index < -0.39 is 35.5 Å². The lowest BCUT2D eigenvalue weighted by molar-refractivity contribution is -0.146. The van der Waals surface area contributed by atoms with Crippen molar-refractivity contribution in [2.45, 2.75) is 32.0 Å². The lowest BCUT2D eigenvalue weighted by atomic mass is 9.89. The molecule has 2 heterocycles. The number of primary amides is 1. The van der Waals surface area contributed by atoms with Gasteiger partial charge in [0.2, 0.25) is 5.91 Å². The number of halogens is 3. The number of carbonyl (C=O) groups is 3. The molecular formula is C21H21F3N4O3. The molecule has 3 amide bonds. The molecule has 0 aliphatic carbocycles. The number of pyridine rings is 1. The second-order valence-electron chi connectivity index (χ2n) is 7.56. The Hall–Kier alpha value is -3.43. The van der Waals surface area contributed by atoms with Crippen LogP contribution in [0.4, 0.5) is 18.9 Å². The van der Waals surface area contributed by atoms with Crippen LogP contribution < -0.4 is 11.1 Å². The summed E-state index contributed by atoms with van der Waals surface area (Å²) in [4.78, 5) is 41.8.